The van der Waals surface area contributed by atoms with Crippen molar-refractivity contribution in [3.8, 4) is 0 Å². The Balaban J connectivity index is 1.38. The number of carbonyl (C=O) groups excluding carboxylic acids is 1. The van der Waals surface area contributed by atoms with Gasteiger partial charge in [0.1, 0.15) is 0 Å². The summed E-state index contributed by atoms with van der Waals surface area (Å²) in [7, 11) is 3.88. The minimum Gasteiger partial charge on any atom is -0.383 e. The van der Waals surface area contributed by atoms with Crippen molar-refractivity contribution in [1.29, 1.82) is 0 Å². The van der Waals surface area contributed by atoms with Gasteiger partial charge in [0.25, 0.3) is 0 Å². The van der Waals surface area contributed by atoms with Crippen LogP contribution in [0.3, 0.4) is 0 Å². The number of rotatable bonds is 9. The first-order chi connectivity index (χ1) is 14.1. The lowest BCUT2D eigenvalue weighted by molar-refractivity contribution is -0.133. The van der Waals surface area contributed by atoms with Crippen molar-refractivity contribution in [2.45, 2.75) is 64.3 Å². The van der Waals surface area contributed by atoms with E-state index < -0.39 is 0 Å². The molecule has 1 amide bonds. The van der Waals surface area contributed by atoms with Crippen molar-refractivity contribution < 1.29 is 9.53 Å². The smallest absolute Gasteiger partial charge is 0.222 e. The Kier molecular flexibility index (Phi) is 9.00. The van der Waals surface area contributed by atoms with Crippen molar-refractivity contribution in [2.24, 2.45) is 11.8 Å². The average molecular weight is 401 g/mol. The maximum Gasteiger partial charge on any atom is 0.222 e. The van der Waals surface area contributed by atoms with Crippen LogP contribution in [0.4, 0.5) is 0 Å². The second-order valence-corrected chi connectivity index (χ2v) is 9.28. The molecule has 1 aliphatic heterocycles. The van der Waals surface area contributed by atoms with Crippen molar-refractivity contribution >= 4 is 5.91 Å². The highest BCUT2D eigenvalue weighted by Gasteiger charge is 2.25. The van der Waals surface area contributed by atoms with Crippen LogP contribution < -0.4 is 0 Å². The topological polar surface area (TPSA) is 32.8 Å². The number of benzene rings is 1. The molecule has 1 saturated carbocycles. The van der Waals surface area contributed by atoms with Gasteiger partial charge in [-0.2, -0.15) is 0 Å². The fourth-order valence-electron chi connectivity index (χ4n) is 4.91. The summed E-state index contributed by atoms with van der Waals surface area (Å²) in [5, 5.41) is 0. The van der Waals surface area contributed by atoms with E-state index in [0.717, 1.165) is 58.5 Å². The monoisotopic (exact) mass is 400 g/mol. The summed E-state index contributed by atoms with van der Waals surface area (Å²) in [4.78, 5) is 17.1. The molecular formula is C25H40N2O2. The van der Waals surface area contributed by atoms with Gasteiger partial charge in [0.15, 0.2) is 0 Å². The molecule has 0 radical (unpaired) electrons. The molecule has 1 aliphatic carbocycles. The molecule has 4 nitrogen and oxygen atoms in total. The maximum atomic E-state index is 12.6. The number of amides is 1. The molecule has 1 saturated heterocycles. The van der Waals surface area contributed by atoms with E-state index in [1.807, 2.05) is 0 Å². The molecule has 4 heteroatoms. The van der Waals surface area contributed by atoms with Crippen LogP contribution in [0.2, 0.25) is 0 Å². The Hall–Kier alpha value is -1.39. The Morgan fingerprint density at radius 1 is 1.00 bits per heavy atom. The lowest BCUT2D eigenvalue weighted by atomic mass is 9.86. The fourth-order valence-corrected chi connectivity index (χ4v) is 4.91. The van der Waals surface area contributed by atoms with Gasteiger partial charge in [0.05, 0.1) is 6.61 Å². The van der Waals surface area contributed by atoms with Crippen LogP contribution in [0.25, 0.3) is 0 Å². The first-order valence-electron chi connectivity index (χ1n) is 11.7. The summed E-state index contributed by atoms with van der Waals surface area (Å²) in [6.07, 6.45) is 10.8. The molecule has 3 rings (SSSR count). The number of hydrogen-bond acceptors (Lipinski definition) is 3. The highest BCUT2D eigenvalue weighted by atomic mass is 16.5. The second-order valence-electron chi connectivity index (χ2n) is 9.28. The zero-order valence-corrected chi connectivity index (χ0v) is 18.6. The van der Waals surface area contributed by atoms with Gasteiger partial charge in [-0.3, -0.25) is 9.69 Å². The van der Waals surface area contributed by atoms with E-state index in [1.165, 1.54) is 43.2 Å². The molecule has 1 aromatic carbocycles. The number of hydrogen-bond donors (Lipinski definition) is 0. The summed E-state index contributed by atoms with van der Waals surface area (Å²) < 4.78 is 5.15. The molecular weight excluding hydrogens is 360 g/mol. The predicted octanol–water partition coefficient (Wildman–Crippen LogP) is 4.52. The molecule has 0 atom stereocenters. The molecule has 162 valence electrons. The van der Waals surface area contributed by atoms with E-state index in [9.17, 15) is 4.79 Å². The molecule has 0 aromatic heterocycles. The van der Waals surface area contributed by atoms with Crippen LogP contribution in [-0.4, -0.2) is 56.1 Å². The van der Waals surface area contributed by atoms with Crippen molar-refractivity contribution in [3.05, 3.63) is 35.4 Å². The van der Waals surface area contributed by atoms with Crippen LogP contribution in [0.5, 0.6) is 0 Å². The van der Waals surface area contributed by atoms with Gasteiger partial charge < -0.3 is 9.64 Å². The van der Waals surface area contributed by atoms with Gasteiger partial charge in [-0.15, -0.1) is 0 Å². The molecule has 2 aliphatic rings. The number of likely N-dealkylation sites (tertiary alicyclic amines) is 1. The van der Waals surface area contributed by atoms with Gasteiger partial charge in [-0.05, 0) is 62.1 Å². The van der Waals surface area contributed by atoms with Crippen LogP contribution >= 0.6 is 0 Å². The van der Waals surface area contributed by atoms with Crippen LogP contribution in [-0.2, 0) is 22.5 Å². The standard InChI is InChI=1S/C25H40N2O2/c1-26(16-17-29-2)20-24-10-8-22(9-11-24)18-23-12-14-27(15-13-23)25(28)19-21-6-4-3-5-7-21/h8-11,21,23H,3-7,12-20H2,1-2H3. The third-order valence-corrected chi connectivity index (χ3v) is 6.83. The molecule has 1 heterocycles. The molecule has 0 unspecified atom stereocenters. The summed E-state index contributed by atoms with van der Waals surface area (Å²) in [6, 6.07) is 9.11. The summed E-state index contributed by atoms with van der Waals surface area (Å²) in [5.74, 6) is 1.78. The van der Waals surface area contributed by atoms with Crippen LogP contribution in [0.1, 0.15) is 62.5 Å². The predicted molar refractivity (Wildman–Crippen MR) is 119 cm³/mol. The number of methoxy groups -OCH3 is 1. The van der Waals surface area contributed by atoms with E-state index in [2.05, 4.69) is 41.1 Å². The van der Waals surface area contributed by atoms with Crippen molar-refractivity contribution in [3.63, 3.8) is 0 Å². The number of piperidine rings is 1. The second kappa shape index (κ2) is 11.7. The lowest BCUT2D eigenvalue weighted by Crippen LogP contribution is -2.39. The largest absolute Gasteiger partial charge is 0.383 e. The Bertz CT molecular complexity index is 602. The minimum atomic E-state index is 0.414. The summed E-state index contributed by atoms with van der Waals surface area (Å²) in [5.41, 5.74) is 2.79. The summed E-state index contributed by atoms with van der Waals surface area (Å²) >= 11 is 0. The normalized spacial score (nSPS) is 19.1. The Labute approximate surface area is 177 Å². The molecule has 2 fully saturated rings. The first-order valence-corrected chi connectivity index (χ1v) is 11.7. The third-order valence-electron chi connectivity index (χ3n) is 6.83. The van der Waals surface area contributed by atoms with Gasteiger partial charge in [0, 0.05) is 39.7 Å². The molecule has 1 aromatic rings. The third kappa shape index (κ3) is 7.42. The van der Waals surface area contributed by atoms with E-state index >= 15 is 0 Å². The average Bonchev–Trinajstić information content (AvgIpc) is 2.75. The zero-order valence-electron chi connectivity index (χ0n) is 18.6. The lowest BCUT2D eigenvalue weighted by Gasteiger charge is -2.33. The van der Waals surface area contributed by atoms with Gasteiger partial charge in [-0.25, -0.2) is 0 Å². The van der Waals surface area contributed by atoms with Gasteiger partial charge in [-0.1, -0.05) is 43.5 Å². The van der Waals surface area contributed by atoms with Crippen molar-refractivity contribution in [2.75, 3.05) is 40.4 Å². The van der Waals surface area contributed by atoms with E-state index in [-0.39, 0.29) is 0 Å². The van der Waals surface area contributed by atoms with E-state index in [1.54, 1.807) is 7.11 Å². The van der Waals surface area contributed by atoms with E-state index in [0.29, 0.717) is 17.7 Å². The number of likely N-dealkylation sites (N-methyl/N-ethyl adjacent to an activating group) is 1. The number of carbonyl (C=O) groups is 1. The molecule has 0 spiro atoms. The first kappa shape index (κ1) is 22.3. The minimum absolute atomic E-state index is 0.414. The summed E-state index contributed by atoms with van der Waals surface area (Å²) in [6.45, 7) is 4.61. The Morgan fingerprint density at radius 3 is 2.31 bits per heavy atom. The zero-order chi connectivity index (χ0) is 20.5. The highest BCUT2D eigenvalue weighted by Crippen LogP contribution is 2.28. The highest BCUT2D eigenvalue weighted by molar-refractivity contribution is 5.76. The Morgan fingerprint density at radius 2 is 1.66 bits per heavy atom. The molecule has 0 bridgehead atoms. The van der Waals surface area contributed by atoms with Crippen LogP contribution in [0, 0.1) is 11.8 Å². The molecule has 29 heavy (non-hydrogen) atoms. The quantitative estimate of drug-likeness (QED) is 0.611. The van der Waals surface area contributed by atoms with Crippen LogP contribution in [0.15, 0.2) is 24.3 Å². The fraction of sp³-hybridized carbons (Fsp3) is 0.720. The van der Waals surface area contributed by atoms with Gasteiger partial charge >= 0.3 is 0 Å². The van der Waals surface area contributed by atoms with E-state index in [4.69, 9.17) is 4.74 Å². The SMILES string of the molecule is COCCN(C)Cc1ccc(CC2CCN(C(=O)CC3CCCCC3)CC2)cc1. The molecule has 0 N–H and O–H groups in total. The van der Waals surface area contributed by atoms with Gasteiger partial charge in [0.2, 0.25) is 5.91 Å². The maximum absolute atomic E-state index is 12.6. The van der Waals surface area contributed by atoms with Crippen molar-refractivity contribution in [1.82, 2.24) is 9.80 Å². The number of nitrogens with zero attached hydrogens (tertiary/aromatic N) is 2. The number of ether oxygens (including phenoxy) is 1.